The second-order valence-corrected chi connectivity index (χ2v) is 27.0. The van der Waals surface area contributed by atoms with Gasteiger partial charge in [0, 0.05) is 24.3 Å². The molecule has 19 heteroatoms. The van der Waals surface area contributed by atoms with Gasteiger partial charge < -0.3 is 42.8 Å². The quantitative estimate of drug-likeness (QED) is 0.00508. The van der Waals surface area contributed by atoms with Gasteiger partial charge >= 0.3 is 29.8 Å². The molecule has 0 atom stereocenters. The lowest BCUT2D eigenvalue weighted by atomic mass is 9.82. The lowest BCUT2D eigenvalue weighted by Crippen LogP contribution is -2.30. The van der Waals surface area contributed by atoms with Crippen LogP contribution in [0.1, 0.15) is 177 Å². The molecule has 0 radical (unpaired) electrons. The van der Waals surface area contributed by atoms with Crippen LogP contribution in [0.2, 0.25) is 0 Å². The zero-order valence-electron chi connectivity index (χ0n) is 58.8. The van der Waals surface area contributed by atoms with Crippen LogP contribution in [0.15, 0.2) is 182 Å². The number of benzene rings is 6. The van der Waals surface area contributed by atoms with Crippen molar-refractivity contribution in [2.75, 3.05) is 51.2 Å². The molecule has 1 aromatic heterocycles. The fourth-order valence-electron chi connectivity index (χ4n) is 12.5. The molecule has 0 amide bonds. The Balaban J connectivity index is 0.754. The topological polar surface area (TPSA) is 206 Å². The Hall–Kier alpha value is -9.33. The average molecular weight is 1410 g/mol. The van der Waals surface area contributed by atoms with Crippen molar-refractivity contribution in [3.63, 3.8) is 0 Å². The van der Waals surface area contributed by atoms with Gasteiger partial charge in [0.05, 0.1) is 74.0 Å². The van der Waals surface area contributed by atoms with Crippen molar-refractivity contribution in [2.24, 2.45) is 22.9 Å². The highest BCUT2D eigenvalue weighted by Crippen LogP contribution is 2.35. The van der Waals surface area contributed by atoms with E-state index >= 15 is 0 Å². The van der Waals surface area contributed by atoms with Crippen LogP contribution in [0.25, 0.3) is 10.2 Å². The highest BCUT2D eigenvalue weighted by molar-refractivity contribution is 7.22. The first-order chi connectivity index (χ1) is 50.1. The number of rotatable bonds is 45. The van der Waals surface area contributed by atoms with Crippen molar-refractivity contribution >= 4 is 62.7 Å². The summed E-state index contributed by atoms with van der Waals surface area (Å²) < 4.78 is 47.1. The first-order valence-electron chi connectivity index (χ1n) is 36.6. The number of thiazole rings is 1. The number of carbonyl (C=O) groups excluding carboxylic acids is 5. The predicted molar refractivity (Wildman–Crippen MR) is 396 cm³/mol. The molecule has 2 fully saturated rings. The maximum Gasteiger partial charge on any atom is 0.330 e. The SMILES string of the molecule is C=CC(=O)OCCCCCCOc1ccc(OC(=O)C2CCC(COOc3ccc(OC(=O)C4CCC(Oc5ccc(OCCCCCCOC(=O)C=C)cc5)CC4)cc3/C=N/N(CCCCCCCCCCOC(=O)C(c3ccccc3)c3ccccc3)c3nc4ccccc4s3)CC2)cc1. The van der Waals surface area contributed by atoms with E-state index in [1.54, 1.807) is 60.0 Å². The van der Waals surface area contributed by atoms with Gasteiger partial charge in [0.1, 0.15) is 34.7 Å². The van der Waals surface area contributed by atoms with Crippen LogP contribution in [-0.2, 0) is 43.1 Å². The van der Waals surface area contributed by atoms with Gasteiger partial charge in [0.15, 0.2) is 5.75 Å². The zero-order chi connectivity index (χ0) is 71.2. The minimum Gasteiger partial charge on any atom is -0.494 e. The fourth-order valence-corrected chi connectivity index (χ4v) is 13.4. The molecule has 7 aromatic rings. The molecule has 0 saturated heterocycles. The molecule has 6 aromatic carbocycles. The minimum absolute atomic E-state index is 0.0448. The molecule has 2 aliphatic carbocycles. The van der Waals surface area contributed by atoms with Crippen molar-refractivity contribution in [3.05, 3.63) is 194 Å². The van der Waals surface area contributed by atoms with Gasteiger partial charge in [0.25, 0.3) is 0 Å². The Bertz CT molecular complexity index is 3630. The highest BCUT2D eigenvalue weighted by Gasteiger charge is 2.31. The summed E-state index contributed by atoms with van der Waals surface area (Å²) in [5.74, 6) is 0.989. The summed E-state index contributed by atoms with van der Waals surface area (Å²) in [4.78, 5) is 80.3. The molecule has 542 valence electrons. The van der Waals surface area contributed by atoms with Crippen molar-refractivity contribution in [1.82, 2.24) is 4.98 Å². The summed E-state index contributed by atoms with van der Waals surface area (Å²) in [5.41, 5.74) is 3.28. The number of ether oxygens (including phenoxy) is 8. The number of carbonyl (C=O) groups is 5. The molecule has 18 nitrogen and oxygen atoms in total. The van der Waals surface area contributed by atoms with Crippen molar-refractivity contribution < 1.29 is 71.6 Å². The smallest absolute Gasteiger partial charge is 0.330 e. The number of aromatic nitrogens is 1. The van der Waals surface area contributed by atoms with Crippen LogP contribution in [0, 0.1) is 17.8 Å². The number of fused-ring (bicyclic) bond motifs is 1. The van der Waals surface area contributed by atoms with Crippen LogP contribution in [-0.4, -0.2) is 93.3 Å². The van der Waals surface area contributed by atoms with Crippen LogP contribution in [0.4, 0.5) is 5.13 Å². The van der Waals surface area contributed by atoms with Gasteiger partial charge in [0.2, 0.25) is 5.13 Å². The van der Waals surface area contributed by atoms with Gasteiger partial charge in [-0.05, 0) is 211 Å². The largest absolute Gasteiger partial charge is 0.494 e. The minimum atomic E-state index is -0.454. The number of anilines is 1. The number of esters is 5. The van der Waals surface area contributed by atoms with Crippen LogP contribution >= 0.6 is 11.3 Å². The molecule has 1 heterocycles. The number of nitrogens with zero attached hydrogens (tertiary/aromatic N) is 3. The average Bonchev–Trinajstić information content (AvgIpc) is 1.44. The van der Waals surface area contributed by atoms with Crippen molar-refractivity contribution in [1.29, 1.82) is 0 Å². The molecule has 0 aliphatic heterocycles. The molecule has 0 spiro atoms. The van der Waals surface area contributed by atoms with Gasteiger partial charge in [-0.2, -0.15) is 9.99 Å². The van der Waals surface area contributed by atoms with E-state index in [2.05, 4.69) is 19.2 Å². The zero-order valence-corrected chi connectivity index (χ0v) is 59.6. The Morgan fingerprint density at radius 3 is 1.53 bits per heavy atom. The lowest BCUT2D eigenvalue weighted by molar-refractivity contribution is -0.218. The van der Waals surface area contributed by atoms with E-state index in [-0.39, 0.29) is 41.8 Å². The molecular formula is C83H99N3O15S. The van der Waals surface area contributed by atoms with E-state index < -0.39 is 17.9 Å². The van der Waals surface area contributed by atoms with E-state index in [9.17, 15) is 24.0 Å². The maximum atomic E-state index is 14.0. The monoisotopic (exact) mass is 1410 g/mol. The molecule has 0 N–H and O–H groups in total. The molecule has 2 aliphatic rings. The van der Waals surface area contributed by atoms with E-state index in [4.69, 9.17) is 57.8 Å². The third kappa shape index (κ3) is 26.6. The lowest BCUT2D eigenvalue weighted by Gasteiger charge is -2.28. The summed E-state index contributed by atoms with van der Waals surface area (Å²) >= 11 is 1.57. The van der Waals surface area contributed by atoms with E-state index in [0.29, 0.717) is 113 Å². The van der Waals surface area contributed by atoms with E-state index in [1.165, 1.54) is 12.2 Å². The standard InChI is InChI=1S/C83H99N3O15S/c1-3-77(87)94-56-26-13-11-24-54-92-68-43-47-71(48-44-68)98-70-41-39-66(40-42-70)81(90)100-73-51-52-75(101-97-61-62-35-37-65(38-36-62)80(89)99-72-49-45-69(46-50-72)93-55-25-12-14-27-57-95-78(88)4-2)67(59-73)60-84-86(83-85-74-33-21-22-34-76(74)102-83)53-23-9-7-5-6-8-10-28-58-96-82(91)79(63-29-17-15-18-30-63)64-31-19-16-20-32-64/h3-4,15-22,29-34,43-52,59-60,62,65-66,70,79H,1-2,5-14,23-28,35-42,53-58,61H2/b84-60+. The summed E-state index contributed by atoms with van der Waals surface area (Å²) in [7, 11) is 0. The number of hydrogen-bond acceptors (Lipinski definition) is 19. The maximum absolute atomic E-state index is 14.0. The molecular weight excluding hydrogens is 1310 g/mol. The molecule has 2 saturated carbocycles. The first-order valence-corrected chi connectivity index (χ1v) is 37.4. The summed E-state index contributed by atoms with van der Waals surface area (Å²) in [6, 6.07) is 47.7. The summed E-state index contributed by atoms with van der Waals surface area (Å²) in [5, 5.41) is 7.77. The third-order valence-corrected chi connectivity index (χ3v) is 19.3. The van der Waals surface area contributed by atoms with Crippen LogP contribution < -0.4 is 33.6 Å². The first kappa shape index (κ1) is 76.8. The fraction of sp³-hybridized carbons (Fsp3) is 0.434. The van der Waals surface area contributed by atoms with Crippen molar-refractivity contribution in [2.45, 2.75) is 166 Å². The molecule has 9 rings (SSSR count). The number of hydrazone groups is 1. The number of para-hydroxylation sites is 1. The van der Waals surface area contributed by atoms with Gasteiger partial charge in [-0.1, -0.05) is 136 Å². The molecule has 0 unspecified atom stereocenters. The normalized spacial score (nSPS) is 15.8. The van der Waals surface area contributed by atoms with E-state index in [0.717, 1.165) is 154 Å². The Labute approximate surface area is 604 Å². The Morgan fingerprint density at radius 1 is 0.500 bits per heavy atom. The Morgan fingerprint density at radius 2 is 0.971 bits per heavy atom. The second kappa shape index (κ2) is 43.5. The van der Waals surface area contributed by atoms with E-state index in [1.807, 2.05) is 108 Å². The number of unbranched alkanes of at least 4 members (excludes halogenated alkanes) is 13. The van der Waals surface area contributed by atoms with Gasteiger partial charge in [-0.3, -0.25) is 14.4 Å². The van der Waals surface area contributed by atoms with Gasteiger partial charge in [-0.25, -0.2) is 19.6 Å². The summed E-state index contributed by atoms with van der Waals surface area (Å²) in [6.07, 6.45) is 24.6. The number of hydrogen-bond donors (Lipinski definition) is 0. The molecule has 0 bridgehead atoms. The summed E-state index contributed by atoms with van der Waals surface area (Å²) in [6.45, 7) is 10.1. The van der Waals surface area contributed by atoms with Crippen molar-refractivity contribution in [3.8, 4) is 34.5 Å². The second-order valence-electron chi connectivity index (χ2n) is 26.0. The van der Waals surface area contributed by atoms with Crippen LogP contribution in [0.5, 0.6) is 34.5 Å². The highest BCUT2D eigenvalue weighted by atomic mass is 32.1. The predicted octanol–water partition coefficient (Wildman–Crippen LogP) is 18.2. The van der Waals surface area contributed by atoms with Crippen LogP contribution in [0.3, 0.4) is 0 Å². The molecule has 102 heavy (non-hydrogen) atoms. The Kier molecular flexibility index (Phi) is 32.7. The van der Waals surface area contributed by atoms with Gasteiger partial charge in [-0.15, -0.1) is 0 Å². The third-order valence-electron chi connectivity index (χ3n) is 18.3.